The number of carbonyl (C=O) groups excluding carboxylic acids is 1. The van der Waals surface area contributed by atoms with Gasteiger partial charge < -0.3 is 9.47 Å². The monoisotopic (exact) mass is 382 g/mol. The molecule has 0 fully saturated rings. The largest absolute Gasteiger partial charge is 0.329 e. The van der Waals surface area contributed by atoms with Gasteiger partial charge in [0.25, 0.3) is 0 Å². The van der Waals surface area contributed by atoms with Crippen LogP contribution in [0, 0.1) is 19.7 Å². The number of aromatic nitrogens is 5. The van der Waals surface area contributed by atoms with Crippen molar-refractivity contribution in [1.82, 2.24) is 29.9 Å². The van der Waals surface area contributed by atoms with Crippen molar-refractivity contribution in [2.45, 2.75) is 52.7 Å². The van der Waals surface area contributed by atoms with E-state index in [1.165, 1.54) is 17.7 Å². The van der Waals surface area contributed by atoms with E-state index in [0.717, 1.165) is 35.0 Å². The first-order valence-electron chi connectivity index (χ1n) is 9.40. The summed E-state index contributed by atoms with van der Waals surface area (Å²) in [4.78, 5) is 14.6. The molecule has 3 heterocycles. The number of aromatic amines is 1. The predicted octanol–water partition coefficient (Wildman–Crippen LogP) is 2.65. The number of benzene rings is 1. The first-order chi connectivity index (χ1) is 13.4. The Hall–Kier alpha value is -3.03. The fraction of sp³-hybridized carbons (Fsp3) is 0.400. The van der Waals surface area contributed by atoms with Gasteiger partial charge in [-0.25, -0.2) is 4.39 Å². The molecule has 7 nitrogen and oxygen atoms in total. The molecule has 1 aromatic carbocycles. The van der Waals surface area contributed by atoms with Crippen LogP contribution < -0.4 is 0 Å². The molecule has 0 radical (unpaired) electrons. The fourth-order valence-electron chi connectivity index (χ4n) is 3.88. The third-order valence-electron chi connectivity index (χ3n) is 5.37. The number of hydrogen-bond acceptors (Lipinski definition) is 4. The molecule has 4 rings (SSSR count). The van der Waals surface area contributed by atoms with Crippen molar-refractivity contribution in [2.24, 2.45) is 0 Å². The van der Waals surface area contributed by atoms with Crippen LogP contribution in [0.2, 0.25) is 0 Å². The molecule has 1 aliphatic rings. The summed E-state index contributed by atoms with van der Waals surface area (Å²) < 4.78 is 15.4. The highest BCUT2D eigenvalue weighted by Gasteiger charge is 2.33. The van der Waals surface area contributed by atoms with Gasteiger partial charge in [0.1, 0.15) is 17.7 Å². The molecule has 0 aliphatic carbocycles. The maximum Gasteiger partial charge on any atom is 0.246 e. The van der Waals surface area contributed by atoms with Gasteiger partial charge >= 0.3 is 0 Å². The van der Waals surface area contributed by atoms with Gasteiger partial charge in [-0.05, 0) is 50.5 Å². The number of rotatable bonds is 5. The van der Waals surface area contributed by atoms with Gasteiger partial charge in [0, 0.05) is 18.7 Å². The molecule has 3 aromatic rings. The molecule has 28 heavy (non-hydrogen) atoms. The first kappa shape index (κ1) is 18.3. The van der Waals surface area contributed by atoms with Crippen LogP contribution in [0.15, 0.2) is 24.3 Å². The second kappa shape index (κ2) is 7.18. The minimum Gasteiger partial charge on any atom is -0.329 e. The Balaban J connectivity index is 1.53. The normalized spacial score (nSPS) is 16.5. The van der Waals surface area contributed by atoms with Crippen molar-refractivity contribution in [2.75, 3.05) is 0 Å². The molecular formula is C20H23FN6O. The van der Waals surface area contributed by atoms with Gasteiger partial charge in [0.2, 0.25) is 5.91 Å². The number of halogens is 1. The molecule has 2 aromatic heterocycles. The molecule has 1 atom stereocenters. The van der Waals surface area contributed by atoms with Crippen LogP contribution >= 0.6 is 0 Å². The van der Waals surface area contributed by atoms with Crippen molar-refractivity contribution in [3.8, 4) is 0 Å². The number of fused-ring (bicyclic) bond motifs is 1. The zero-order valence-corrected chi connectivity index (χ0v) is 16.2. The predicted molar refractivity (Wildman–Crippen MR) is 101 cm³/mol. The van der Waals surface area contributed by atoms with Crippen LogP contribution in [0.1, 0.15) is 47.1 Å². The van der Waals surface area contributed by atoms with Crippen LogP contribution in [-0.2, 0) is 30.7 Å². The molecule has 1 N–H and O–H groups in total. The molecule has 0 unspecified atom stereocenters. The number of carbonyl (C=O) groups is 1. The summed E-state index contributed by atoms with van der Waals surface area (Å²) in [5, 5.41) is 15.9. The van der Waals surface area contributed by atoms with E-state index in [2.05, 4.69) is 20.4 Å². The highest BCUT2D eigenvalue weighted by molar-refractivity contribution is 5.81. The Kier molecular flexibility index (Phi) is 4.70. The average Bonchev–Trinajstić information content (AvgIpc) is 3.21. The Morgan fingerprint density at radius 3 is 2.79 bits per heavy atom. The number of hydrogen-bond donors (Lipinski definition) is 1. The van der Waals surface area contributed by atoms with E-state index >= 15 is 0 Å². The summed E-state index contributed by atoms with van der Waals surface area (Å²) in [6.45, 7) is 6.58. The fourth-order valence-corrected chi connectivity index (χ4v) is 3.88. The van der Waals surface area contributed by atoms with E-state index in [1.807, 2.05) is 31.4 Å². The average molecular weight is 382 g/mol. The van der Waals surface area contributed by atoms with Crippen molar-refractivity contribution in [3.05, 3.63) is 64.2 Å². The number of nitrogens with zero attached hydrogens (tertiary/aromatic N) is 5. The van der Waals surface area contributed by atoms with Crippen LogP contribution in [0.3, 0.4) is 0 Å². The number of amides is 1. The summed E-state index contributed by atoms with van der Waals surface area (Å²) >= 11 is 0. The van der Waals surface area contributed by atoms with Crippen molar-refractivity contribution in [3.63, 3.8) is 0 Å². The maximum atomic E-state index is 13.5. The summed E-state index contributed by atoms with van der Waals surface area (Å²) in [5.74, 6) is 1.26. The van der Waals surface area contributed by atoms with Crippen molar-refractivity contribution >= 4 is 5.91 Å². The van der Waals surface area contributed by atoms with Gasteiger partial charge in [-0.15, -0.1) is 10.2 Å². The van der Waals surface area contributed by atoms with Crippen molar-refractivity contribution < 1.29 is 9.18 Å². The van der Waals surface area contributed by atoms with Gasteiger partial charge in [0.05, 0.1) is 12.2 Å². The second-order valence-corrected chi connectivity index (χ2v) is 7.32. The summed E-state index contributed by atoms with van der Waals surface area (Å²) in [6.07, 6.45) is 1.48. The van der Waals surface area contributed by atoms with E-state index < -0.39 is 0 Å². The molecule has 1 aliphatic heterocycles. The van der Waals surface area contributed by atoms with Crippen LogP contribution in [0.25, 0.3) is 0 Å². The molecule has 0 spiro atoms. The van der Waals surface area contributed by atoms with Crippen LogP contribution in [0.4, 0.5) is 4.39 Å². The number of nitrogens with one attached hydrogen (secondary N) is 1. The number of H-pyrrole nitrogens is 1. The Morgan fingerprint density at radius 2 is 2.07 bits per heavy atom. The summed E-state index contributed by atoms with van der Waals surface area (Å²) in [6, 6.07) is 5.95. The zero-order valence-electron chi connectivity index (χ0n) is 16.2. The van der Waals surface area contributed by atoms with E-state index in [-0.39, 0.29) is 17.8 Å². The van der Waals surface area contributed by atoms with Crippen LogP contribution in [0.5, 0.6) is 0 Å². The second-order valence-electron chi connectivity index (χ2n) is 7.32. The highest BCUT2D eigenvalue weighted by atomic mass is 19.1. The lowest BCUT2D eigenvalue weighted by Crippen LogP contribution is -2.41. The molecule has 0 saturated carbocycles. The highest BCUT2D eigenvalue weighted by Crippen LogP contribution is 2.25. The topological polar surface area (TPSA) is 79.7 Å². The SMILES string of the molecule is Cc1n[nH]c(C)c1CCc1nnc2n1[C@@H](C)C(=O)N(Cc1cccc(F)c1)C2. The minimum atomic E-state index is -0.381. The molecule has 1 amide bonds. The van der Waals surface area contributed by atoms with Gasteiger partial charge in [-0.1, -0.05) is 12.1 Å². The quantitative estimate of drug-likeness (QED) is 0.736. The lowest BCUT2D eigenvalue weighted by atomic mass is 10.1. The van der Waals surface area contributed by atoms with Crippen molar-refractivity contribution in [1.29, 1.82) is 0 Å². The maximum absolute atomic E-state index is 13.5. The van der Waals surface area contributed by atoms with E-state index in [0.29, 0.717) is 19.5 Å². The molecule has 8 heteroatoms. The first-order valence-corrected chi connectivity index (χ1v) is 9.40. The smallest absolute Gasteiger partial charge is 0.246 e. The Morgan fingerprint density at radius 1 is 1.25 bits per heavy atom. The van der Waals surface area contributed by atoms with Gasteiger partial charge in [-0.2, -0.15) is 5.10 Å². The Labute approximate surface area is 162 Å². The molecule has 0 bridgehead atoms. The lowest BCUT2D eigenvalue weighted by molar-refractivity contribution is -0.137. The molecular weight excluding hydrogens is 359 g/mol. The zero-order chi connectivity index (χ0) is 19.8. The molecule has 146 valence electrons. The van der Waals surface area contributed by atoms with Crippen LogP contribution in [-0.4, -0.2) is 35.8 Å². The lowest BCUT2D eigenvalue weighted by Gasteiger charge is -2.32. The van der Waals surface area contributed by atoms with E-state index in [1.54, 1.807) is 11.0 Å². The summed E-state index contributed by atoms with van der Waals surface area (Å²) in [7, 11) is 0. The van der Waals surface area contributed by atoms with Gasteiger partial charge in [-0.3, -0.25) is 9.89 Å². The van der Waals surface area contributed by atoms with E-state index in [9.17, 15) is 9.18 Å². The number of aryl methyl sites for hydroxylation is 3. The Bertz CT molecular complexity index is 1000. The third-order valence-corrected chi connectivity index (χ3v) is 5.37. The third kappa shape index (κ3) is 3.30. The minimum absolute atomic E-state index is 0.00603. The molecule has 0 saturated heterocycles. The van der Waals surface area contributed by atoms with E-state index in [4.69, 9.17) is 0 Å². The standard InChI is InChI=1S/C20H23FN6O/c1-12-17(13(2)23-22-12)7-8-18-24-25-19-11-26(20(28)14(3)27(18)19)10-15-5-4-6-16(21)9-15/h4-6,9,14H,7-8,10-11H2,1-3H3,(H,22,23)/t14-/m0/s1. The summed E-state index contributed by atoms with van der Waals surface area (Å²) in [5.41, 5.74) is 3.99. The van der Waals surface area contributed by atoms with Gasteiger partial charge in [0.15, 0.2) is 5.82 Å².